The molecular formula is C18H24N2O3. The van der Waals surface area contributed by atoms with E-state index in [0.29, 0.717) is 13.0 Å². The highest BCUT2D eigenvalue weighted by atomic mass is 16.5. The fourth-order valence-electron chi connectivity index (χ4n) is 3.34. The lowest BCUT2D eigenvalue weighted by molar-refractivity contribution is -0.134. The smallest absolute Gasteiger partial charge is 0.239 e. The van der Waals surface area contributed by atoms with Crippen molar-refractivity contribution in [2.45, 2.75) is 38.3 Å². The molecule has 1 aromatic carbocycles. The first-order valence-corrected chi connectivity index (χ1v) is 8.38. The molecule has 0 radical (unpaired) electrons. The Bertz CT molecular complexity index is 553. The van der Waals surface area contributed by atoms with E-state index in [1.54, 1.807) is 6.92 Å². The molecule has 23 heavy (non-hydrogen) atoms. The van der Waals surface area contributed by atoms with Crippen LogP contribution in [0, 0.1) is 5.92 Å². The first-order valence-electron chi connectivity index (χ1n) is 8.38. The van der Waals surface area contributed by atoms with Crippen molar-refractivity contribution in [3.05, 3.63) is 30.3 Å². The Morgan fingerprint density at radius 1 is 1.17 bits per heavy atom. The van der Waals surface area contributed by atoms with Crippen molar-refractivity contribution in [3.63, 3.8) is 0 Å². The van der Waals surface area contributed by atoms with Crippen LogP contribution < -0.4 is 10.1 Å². The van der Waals surface area contributed by atoms with Crippen molar-refractivity contribution in [2.24, 2.45) is 5.92 Å². The Labute approximate surface area is 137 Å². The second-order valence-corrected chi connectivity index (χ2v) is 6.46. The fourth-order valence-corrected chi connectivity index (χ4v) is 3.34. The molecule has 1 N–H and O–H groups in total. The number of Topliss-reactive ketones (excluding diaryl/α,β-unsaturated/α-hetero) is 1. The number of benzene rings is 1. The van der Waals surface area contributed by atoms with E-state index in [-0.39, 0.29) is 29.8 Å². The first kappa shape index (κ1) is 16.0. The zero-order valence-corrected chi connectivity index (χ0v) is 13.5. The SMILES string of the molecule is CC(=O)C1CNC(C(=O)N2CCC(Oc3ccccc3)CC2)C1. The normalized spacial score (nSPS) is 25.3. The maximum absolute atomic E-state index is 12.5. The molecule has 5 nitrogen and oxygen atoms in total. The van der Waals surface area contributed by atoms with Crippen molar-refractivity contribution in [1.82, 2.24) is 10.2 Å². The third-order valence-electron chi connectivity index (χ3n) is 4.80. The van der Waals surface area contributed by atoms with Crippen molar-refractivity contribution in [3.8, 4) is 5.75 Å². The lowest BCUT2D eigenvalue weighted by atomic mass is 10.00. The summed E-state index contributed by atoms with van der Waals surface area (Å²) in [5.74, 6) is 1.18. The number of carbonyl (C=O) groups is 2. The van der Waals surface area contributed by atoms with Crippen molar-refractivity contribution >= 4 is 11.7 Å². The van der Waals surface area contributed by atoms with Gasteiger partial charge in [-0.15, -0.1) is 0 Å². The summed E-state index contributed by atoms with van der Waals surface area (Å²) in [6.07, 6.45) is 2.50. The van der Waals surface area contributed by atoms with Crippen molar-refractivity contribution in [1.29, 1.82) is 0 Å². The third-order valence-corrected chi connectivity index (χ3v) is 4.80. The van der Waals surface area contributed by atoms with Gasteiger partial charge in [0.05, 0.1) is 6.04 Å². The molecule has 0 saturated carbocycles. The standard InChI is InChI=1S/C18H24N2O3/c1-13(21)14-11-17(19-12-14)18(22)20-9-7-16(8-10-20)23-15-5-3-2-4-6-15/h2-6,14,16-17,19H,7-12H2,1H3. The van der Waals surface area contributed by atoms with Gasteiger partial charge in [-0.25, -0.2) is 0 Å². The van der Waals surface area contributed by atoms with E-state index < -0.39 is 0 Å². The number of nitrogens with zero attached hydrogens (tertiary/aromatic N) is 1. The predicted octanol–water partition coefficient (Wildman–Crippen LogP) is 1.62. The highest BCUT2D eigenvalue weighted by Gasteiger charge is 2.35. The van der Waals surface area contributed by atoms with Gasteiger partial charge in [0.1, 0.15) is 17.6 Å². The van der Waals surface area contributed by atoms with Crippen molar-refractivity contribution < 1.29 is 14.3 Å². The Morgan fingerprint density at radius 3 is 2.48 bits per heavy atom. The second-order valence-electron chi connectivity index (χ2n) is 6.46. The Kier molecular flexibility index (Phi) is 4.96. The van der Waals surface area contributed by atoms with Gasteiger partial charge in [-0.3, -0.25) is 9.59 Å². The summed E-state index contributed by atoms with van der Waals surface area (Å²) in [6.45, 7) is 3.67. The number of hydrogen-bond acceptors (Lipinski definition) is 4. The summed E-state index contributed by atoms with van der Waals surface area (Å²) in [4.78, 5) is 25.9. The molecule has 2 unspecified atom stereocenters. The highest BCUT2D eigenvalue weighted by molar-refractivity contribution is 5.85. The quantitative estimate of drug-likeness (QED) is 0.917. The molecule has 0 aliphatic carbocycles. The number of likely N-dealkylation sites (tertiary alicyclic amines) is 1. The van der Waals surface area contributed by atoms with Gasteiger partial charge in [0.15, 0.2) is 0 Å². The largest absolute Gasteiger partial charge is 0.490 e. The monoisotopic (exact) mass is 316 g/mol. The van der Waals surface area contributed by atoms with Crippen LogP contribution in [-0.4, -0.2) is 48.4 Å². The number of carbonyl (C=O) groups excluding carboxylic acids is 2. The summed E-state index contributed by atoms with van der Waals surface area (Å²) in [5.41, 5.74) is 0. The zero-order valence-electron chi connectivity index (χ0n) is 13.5. The van der Waals surface area contributed by atoms with Gasteiger partial charge < -0.3 is 15.0 Å². The minimum absolute atomic E-state index is 0.0112. The minimum Gasteiger partial charge on any atom is -0.490 e. The van der Waals surface area contributed by atoms with Crippen LogP contribution in [0.3, 0.4) is 0 Å². The van der Waals surface area contributed by atoms with Crippen LogP contribution in [0.25, 0.3) is 0 Å². The average molecular weight is 316 g/mol. The molecule has 1 aromatic rings. The van der Waals surface area contributed by atoms with E-state index >= 15 is 0 Å². The molecule has 3 rings (SSSR count). The third kappa shape index (κ3) is 3.91. The van der Waals surface area contributed by atoms with Gasteiger partial charge in [0.2, 0.25) is 5.91 Å². The number of amides is 1. The molecule has 2 saturated heterocycles. The van der Waals surface area contributed by atoms with Crippen LogP contribution >= 0.6 is 0 Å². The van der Waals surface area contributed by atoms with Crippen LogP contribution in [0.4, 0.5) is 0 Å². The average Bonchev–Trinajstić information content (AvgIpc) is 3.06. The molecule has 2 heterocycles. The summed E-state index contributed by atoms with van der Waals surface area (Å²) in [7, 11) is 0. The van der Waals surface area contributed by atoms with E-state index in [2.05, 4.69) is 5.32 Å². The fraction of sp³-hybridized carbons (Fsp3) is 0.556. The van der Waals surface area contributed by atoms with Crippen LogP contribution in [0.2, 0.25) is 0 Å². The first-order chi connectivity index (χ1) is 11.1. The van der Waals surface area contributed by atoms with Gasteiger partial charge in [-0.2, -0.15) is 0 Å². The second kappa shape index (κ2) is 7.13. The number of para-hydroxylation sites is 1. The highest BCUT2D eigenvalue weighted by Crippen LogP contribution is 2.21. The van der Waals surface area contributed by atoms with Crippen LogP contribution in [0.5, 0.6) is 5.75 Å². The van der Waals surface area contributed by atoms with Gasteiger partial charge >= 0.3 is 0 Å². The molecule has 0 aromatic heterocycles. The Hall–Kier alpha value is -1.88. The molecule has 1 amide bonds. The molecule has 2 aliphatic rings. The van der Waals surface area contributed by atoms with Crippen molar-refractivity contribution in [2.75, 3.05) is 19.6 Å². The zero-order chi connectivity index (χ0) is 16.2. The van der Waals surface area contributed by atoms with Gasteiger partial charge in [0.25, 0.3) is 0 Å². The molecule has 0 spiro atoms. The van der Waals surface area contributed by atoms with Gasteiger partial charge in [-0.1, -0.05) is 18.2 Å². The van der Waals surface area contributed by atoms with E-state index in [9.17, 15) is 9.59 Å². The maximum Gasteiger partial charge on any atom is 0.239 e. The number of ether oxygens (including phenoxy) is 1. The number of ketones is 1. The van der Waals surface area contributed by atoms with E-state index in [1.807, 2.05) is 35.2 Å². The van der Waals surface area contributed by atoms with E-state index in [4.69, 9.17) is 4.74 Å². The number of piperidine rings is 1. The van der Waals surface area contributed by atoms with Crippen LogP contribution in [0.1, 0.15) is 26.2 Å². The topological polar surface area (TPSA) is 58.6 Å². The Morgan fingerprint density at radius 2 is 1.87 bits per heavy atom. The molecule has 2 aliphatic heterocycles. The summed E-state index contributed by atoms with van der Waals surface area (Å²) < 4.78 is 5.96. The summed E-state index contributed by atoms with van der Waals surface area (Å²) >= 11 is 0. The van der Waals surface area contributed by atoms with Crippen LogP contribution in [0.15, 0.2) is 30.3 Å². The molecule has 0 bridgehead atoms. The van der Waals surface area contributed by atoms with Gasteiger partial charge in [0, 0.05) is 38.4 Å². The van der Waals surface area contributed by atoms with E-state index in [0.717, 1.165) is 31.7 Å². The lowest BCUT2D eigenvalue weighted by Gasteiger charge is -2.33. The lowest BCUT2D eigenvalue weighted by Crippen LogP contribution is -2.48. The number of hydrogen-bond donors (Lipinski definition) is 1. The summed E-state index contributed by atoms with van der Waals surface area (Å²) in [5, 5.41) is 3.19. The number of rotatable bonds is 4. The maximum atomic E-state index is 12.5. The predicted molar refractivity (Wildman–Crippen MR) is 87.3 cm³/mol. The minimum atomic E-state index is -0.199. The van der Waals surface area contributed by atoms with E-state index in [1.165, 1.54) is 0 Å². The number of nitrogens with one attached hydrogen (secondary N) is 1. The van der Waals surface area contributed by atoms with Gasteiger partial charge in [-0.05, 0) is 25.5 Å². The summed E-state index contributed by atoms with van der Waals surface area (Å²) in [6, 6.07) is 9.62. The Balaban J connectivity index is 1.47. The molecule has 2 fully saturated rings. The molecule has 2 atom stereocenters. The molecule has 5 heteroatoms. The van der Waals surface area contributed by atoms with Crippen LogP contribution in [-0.2, 0) is 9.59 Å². The molecule has 124 valence electrons. The molecular weight excluding hydrogens is 292 g/mol.